The van der Waals surface area contributed by atoms with Gasteiger partial charge in [-0.2, -0.15) is 0 Å². The molecule has 1 aliphatic heterocycles. The third-order valence-electron chi connectivity index (χ3n) is 5.71. The fraction of sp³-hybridized carbons (Fsp3) is 0.214. The molecular weight excluding hydrogens is 449 g/mol. The maximum Gasteiger partial charge on any atom is 0.300 e. The topological polar surface area (TPSA) is 76.1 Å². The van der Waals surface area contributed by atoms with Gasteiger partial charge >= 0.3 is 0 Å². The maximum atomic E-state index is 14.1. The Labute approximate surface area is 203 Å². The first-order chi connectivity index (χ1) is 16.8. The van der Waals surface area contributed by atoms with E-state index in [1.54, 1.807) is 43.3 Å². The van der Waals surface area contributed by atoms with Gasteiger partial charge in [0, 0.05) is 11.8 Å². The predicted octanol–water partition coefficient (Wildman–Crippen LogP) is 5.56. The van der Waals surface area contributed by atoms with Crippen LogP contribution in [0.15, 0.2) is 72.3 Å². The lowest BCUT2D eigenvalue weighted by molar-refractivity contribution is -0.132. The molecule has 0 spiro atoms. The maximum absolute atomic E-state index is 14.1. The highest BCUT2D eigenvalue weighted by molar-refractivity contribution is 6.51. The fourth-order valence-electron chi connectivity index (χ4n) is 4.26. The second kappa shape index (κ2) is 10.0. The first-order valence-corrected chi connectivity index (χ1v) is 11.4. The lowest BCUT2D eigenvalue weighted by Crippen LogP contribution is -2.29. The first kappa shape index (κ1) is 24.0. The standard InChI is InChI=1S/C28H26FNO5/c1-4-34-21-12-13-22(23(16-21)35-5-2)26(31)24-25(18-9-6-8-17(3)14-18)30(28(33)27(24)32)20-11-7-10-19(29)15-20/h6-16,25,31H,4-5H2,1-3H3/b26-24-. The van der Waals surface area contributed by atoms with E-state index in [1.807, 2.05) is 26.0 Å². The van der Waals surface area contributed by atoms with Crippen LogP contribution in [0, 0.1) is 12.7 Å². The number of aryl methyl sites for hydroxylation is 1. The van der Waals surface area contributed by atoms with Gasteiger partial charge in [0.2, 0.25) is 0 Å². The van der Waals surface area contributed by atoms with Crippen molar-refractivity contribution in [2.45, 2.75) is 26.8 Å². The number of rotatable bonds is 7. The van der Waals surface area contributed by atoms with E-state index in [-0.39, 0.29) is 22.6 Å². The largest absolute Gasteiger partial charge is 0.507 e. The molecule has 3 aromatic rings. The smallest absolute Gasteiger partial charge is 0.300 e. The quantitative estimate of drug-likeness (QED) is 0.275. The minimum Gasteiger partial charge on any atom is -0.507 e. The minimum atomic E-state index is -0.960. The van der Waals surface area contributed by atoms with Crippen molar-refractivity contribution < 1.29 is 28.6 Å². The van der Waals surface area contributed by atoms with E-state index in [4.69, 9.17) is 9.47 Å². The average molecular weight is 476 g/mol. The van der Waals surface area contributed by atoms with Crippen LogP contribution in [0.2, 0.25) is 0 Å². The zero-order valence-corrected chi connectivity index (χ0v) is 19.7. The number of halogens is 1. The average Bonchev–Trinajstić information content (AvgIpc) is 3.10. The number of ketones is 1. The Morgan fingerprint density at radius 1 is 0.971 bits per heavy atom. The molecule has 0 saturated carbocycles. The summed E-state index contributed by atoms with van der Waals surface area (Å²) in [5.41, 5.74) is 1.89. The highest BCUT2D eigenvalue weighted by atomic mass is 19.1. The Kier molecular flexibility index (Phi) is 6.87. The van der Waals surface area contributed by atoms with Crippen molar-refractivity contribution in [3.8, 4) is 11.5 Å². The number of hydrogen-bond donors (Lipinski definition) is 1. The van der Waals surface area contributed by atoms with Crippen LogP contribution in [-0.2, 0) is 9.59 Å². The molecule has 0 bridgehead atoms. The van der Waals surface area contributed by atoms with Crippen molar-refractivity contribution in [2.75, 3.05) is 18.1 Å². The van der Waals surface area contributed by atoms with E-state index in [0.717, 1.165) is 5.56 Å². The molecular formula is C28H26FNO5. The van der Waals surface area contributed by atoms with Crippen molar-refractivity contribution >= 4 is 23.1 Å². The number of ether oxygens (including phenoxy) is 2. The van der Waals surface area contributed by atoms with Gasteiger partial charge in [0.25, 0.3) is 11.7 Å². The number of amides is 1. The van der Waals surface area contributed by atoms with Crippen LogP contribution in [0.25, 0.3) is 5.76 Å². The van der Waals surface area contributed by atoms with Crippen LogP contribution in [-0.4, -0.2) is 30.0 Å². The Morgan fingerprint density at radius 3 is 2.40 bits per heavy atom. The zero-order valence-electron chi connectivity index (χ0n) is 19.7. The monoisotopic (exact) mass is 475 g/mol. The van der Waals surface area contributed by atoms with E-state index in [1.165, 1.54) is 23.1 Å². The number of anilines is 1. The van der Waals surface area contributed by atoms with Gasteiger partial charge in [-0.25, -0.2) is 4.39 Å². The third-order valence-corrected chi connectivity index (χ3v) is 5.71. The summed E-state index contributed by atoms with van der Waals surface area (Å²) < 4.78 is 25.3. The van der Waals surface area contributed by atoms with Gasteiger partial charge in [-0.3, -0.25) is 14.5 Å². The Hall–Kier alpha value is -4.13. The van der Waals surface area contributed by atoms with Crippen molar-refractivity contribution in [3.63, 3.8) is 0 Å². The minimum absolute atomic E-state index is 0.102. The molecule has 180 valence electrons. The normalized spacial score (nSPS) is 17.0. The van der Waals surface area contributed by atoms with Crippen LogP contribution in [0.1, 0.15) is 36.6 Å². The molecule has 1 aliphatic rings. The molecule has 3 aromatic carbocycles. The summed E-state index contributed by atoms with van der Waals surface area (Å²) in [6, 6.07) is 16.7. The predicted molar refractivity (Wildman–Crippen MR) is 131 cm³/mol. The number of nitrogens with zero attached hydrogens (tertiary/aromatic N) is 1. The summed E-state index contributed by atoms with van der Waals surface area (Å²) >= 11 is 0. The van der Waals surface area contributed by atoms with Crippen LogP contribution in [0.5, 0.6) is 11.5 Å². The Morgan fingerprint density at radius 2 is 1.71 bits per heavy atom. The van der Waals surface area contributed by atoms with Crippen molar-refractivity contribution in [1.82, 2.24) is 0 Å². The molecule has 1 amide bonds. The van der Waals surface area contributed by atoms with Gasteiger partial charge in [-0.15, -0.1) is 0 Å². The summed E-state index contributed by atoms with van der Waals surface area (Å²) in [4.78, 5) is 27.8. The van der Waals surface area contributed by atoms with Gasteiger partial charge < -0.3 is 14.6 Å². The lowest BCUT2D eigenvalue weighted by atomic mass is 9.94. The molecule has 35 heavy (non-hydrogen) atoms. The molecule has 4 rings (SSSR count). The molecule has 1 heterocycles. The van der Waals surface area contributed by atoms with Gasteiger partial charge in [-0.1, -0.05) is 35.9 Å². The van der Waals surface area contributed by atoms with Crippen LogP contribution < -0.4 is 14.4 Å². The molecule has 1 N–H and O–H groups in total. The lowest BCUT2D eigenvalue weighted by Gasteiger charge is -2.26. The Balaban J connectivity index is 1.95. The molecule has 1 saturated heterocycles. The van der Waals surface area contributed by atoms with E-state index in [2.05, 4.69) is 0 Å². The SMILES string of the molecule is CCOc1ccc(/C(O)=C2/C(=O)C(=O)N(c3cccc(F)c3)C2c2cccc(C)c2)c(OCC)c1. The molecule has 1 fully saturated rings. The van der Waals surface area contributed by atoms with Crippen molar-refractivity contribution in [2.24, 2.45) is 0 Å². The molecule has 1 unspecified atom stereocenters. The third kappa shape index (κ3) is 4.62. The first-order valence-electron chi connectivity index (χ1n) is 11.4. The number of hydrogen-bond acceptors (Lipinski definition) is 5. The van der Waals surface area contributed by atoms with Gasteiger partial charge in [0.1, 0.15) is 23.1 Å². The number of carbonyl (C=O) groups excluding carboxylic acids is 2. The van der Waals surface area contributed by atoms with Crippen molar-refractivity contribution in [3.05, 3.63) is 94.8 Å². The molecule has 0 aliphatic carbocycles. The number of aliphatic hydroxyl groups excluding tert-OH is 1. The molecule has 0 aromatic heterocycles. The van der Waals surface area contributed by atoms with Crippen LogP contribution in [0.4, 0.5) is 10.1 Å². The summed E-state index contributed by atoms with van der Waals surface area (Å²) in [7, 11) is 0. The van der Waals surface area contributed by atoms with E-state index in [9.17, 15) is 19.1 Å². The van der Waals surface area contributed by atoms with E-state index in [0.29, 0.717) is 30.3 Å². The van der Waals surface area contributed by atoms with Crippen LogP contribution in [0.3, 0.4) is 0 Å². The van der Waals surface area contributed by atoms with E-state index < -0.39 is 23.5 Å². The summed E-state index contributed by atoms with van der Waals surface area (Å²) in [5.74, 6) is -1.78. The summed E-state index contributed by atoms with van der Waals surface area (Å²) in [6.45, 7) is 6.30. The molecule has 0 radical (unpaired) electrons. The Bertz CT molecular complexity index is 1320. The van der Waals surface area contributed by atoms with Gasteiger partial charge in [0.05, 0.1) is 30.4 Å². The van der Waals surface area contributed by atoms with E-state index >= 15 is 0 Å². The van der Waals surface area contributed by atoms with Gasteiger partial charge in [0.15, 0.2) is 0 Å². The number of carbonyl (C=O) groups is 2. The summed E-state index contributed by atoms with van der Waals surface area (Å²) in [5, 5.41) is 11.4. The zero-order chi connectivity index (χ0) is 25.1. The number of aliphatic hydroxyl groups is 1. The molecule has 7 heteroatoms. The highest BCUT2D eigenvalue weighted by Gasteiger charge is 2.47. The number of benzene rings is 3. The van der Waals surface area contributed by atoms with Crippen molar-refractivity contribution in [1.29, 1.82) is 0 Å². The second-order valence-corrected chi connectivity index (χ2v) is 8.09. The molecule has 6 nitrogen and oxygen atoms in total. The fourth-order valence-corrected chi connectivity index (χ4v) is 4.26. The highest BCUT2D eigenvalue weighted by Crippen LogP contribution is 2.44. The second-order valence-electron chi connectivity index (χ2n) is 8.09. The van der Waals surface area contributed by atoms with Crippen LogP contribution >= 0.6 is 0 Å². The van der Waals surface area contributed by atoms with Gasteiger partial charge in [-0.05, 0) is 56.7 Å². The number of Topliss-reactive ketones (excluding diaryl/α,β-unsaturated/α-hetero) is 1. The molecule has 1 atom stereocenters. The summed E-state index contributed by atoms with van der Waals surface area (Å²) in [6.07, 6.45) is 0.